The average Bonchev–Trinajstić information content (AvgIpc) is 2.56. The van der Waals surface area contributed by atoms with Crippen LogP contribution in [0.4, 0.5) is 0 Å². The molecular weight excluding hydrogens is 409 g/mol. The minimum Gasteiger partial charge on any atom is -0.411 e. The number of hydrogen-bond acceptors (Lipinski definition) is 2. The van der Waals surface area contributed by atoms with Crippen molar-refractivity contribution in [2.75, 3.05) is 40.0 Å². The fourth-order valence-electron chi connectivity index (χ4n) is 1.41. The molecule has 0 atom stereocenters. The van der Waals surface area contributed by atoms with E-state index in [1.165, 1.54) is 34.4 Å². The van der Waals surface area contributed by atoms with Crippen molar-refractivity contribution in [3.8, 4) is 0 Å². The van der Waals surface area contributed by atoms with Crippen LogP contribution in [0.3, 0.4) is 0 Å². The van der Waals surface area contributed by atoms with Gasteiger partial charge in [-0.15, -0.1) is 21.0 Å². The summed E-state index contributed by atoms with van der Waals surface area (Å²) in [5, 5.41) is 10.1. The smallest absolute Gasteiger partial charge is 0.0404 e. The van der Waals surface area contributed by atoms with Crippen LogP contribution in [0, 0.1) is 5.92 Å². The van der Waals surface area contributed by atoms with E-state index < -0.39 is 0 Å². The van der Waals surface area contributed by atoms with E-state index in [1.54, 1.807) is 6.92 Å². The fraction of sp³-hybridized carbons (Fsp3) is 0.667. The molecule has 1 aliphatic rings. The Morgan fingerprint density at radius 1 is 0.696 bits per heavy atom. The molecule has 0 saturated heterocycles. The summed E-state index contributed by atoms with van der Waals surface area (Å²) >= 11 is 0. The largest absolute Gasteiger partial charge is 0.411 e. The molecule has 0 aromatic carbocycles. The number of rotatable bonds is 0. The third-order valence-electron chi connectivity index (χ3n) is 2.93. The van der Waals surface area contributed by atoms with Gasteiger partial charge in [0.1, 0.15) is 0 Å². The summed E-state index contributed by atoms with van der Waals surface area (Å²) in [5.41, 5.74) is 5.87. The van der Waals surface area contributed by atoms with Crippen LogP contribution in [0.2, 0.25) is 0 Å². The number of nitrogens with zero attached hydrogens (tertiary/aromatic N) is 1. The first-order valence-electron chi connectivity index (χ1n) is 7.47. The number of oxime groups is 1. The van der Waals surface area contributed by atoms with Gasteiger partial charge in [0.05, 0.1) is 0 Å². The Labute approximate surface area is 161 Å². The number of allylic oxidation sites excluding steroid dienone is 4. The second-order valence-electron chi connectivity index (χ2n) is 6.18. The summed E-state index contributed by atoms with van der Waals surface area (Å²) in [4.78, 5) is 0. The second kappa shape index (κ2) is 18.8. The molecule has 0 bridgehead atoms. The van der Waals surface area contributed by atoms with Gasteiger partial charge in [0, 0.05) is 31.6 Å². The van der Waals surface area contributed by atoms with Crippen LogP contribution < -0.4 is 0 Å². The van der Waals surface area contributed by atoms with Crippen molar-refractivity contribution < 1.29 is 24.7 Å². The van der Waals surface area contributed by atoms with E-state index in [1.807, 2.05) is 0 Å². The van der Waals surface area contributed by atoms with Gasteiger partial charge in [-0.25, -0.2) is 0 Å². The molecule has 0 fully saturated rings. The molecule has 0 amide bonds. The Morgan fingerprint density at radius 2 is 0.870 bits per heavy atom. The van der Waals surface area contributed by atoms with E-state index >= 15 is 0 Å². The van der Waals surface area contributed by atoms with E-state index in [0.717, 1.165) is 0 Å². The fourth-order valence-corrected chi connectivity index (χ4v) is 1.41. The molecule has 0 aromatic heterocycles. The normalized spacial score (nSPS) is 14.0. The van der Waals surface area contributed by atoms with Gasteiger partial charge in [0.15, 0.2) is 0 Å². The summed E-state index contributed by atoms with van der Waals surface area (Å²) in [6.45, 7) is 26.0. The van der Waals surface area contributed by atoms with Crippen molar-refractivity contribution in [1.82, 2.24) is 0 Å². The van der Waals surface area contributed by atoms with Gasteiger partial charge in [-0.3, -0.25) is 0 Å². The second-order valence-corrected chi connectivity index (χ2v) is 11.5. The molecule has 23 heavy (non-hydrogen) atoms. The summed E-state index contributed by atoms with van der Waals surface area (Å²) in [6, 6.07) is 0. The third kappa shape index (κ3) is 20.4. The Bertz CT molecular complexity index is 336. The molecule has 0 aliphatic heterocycles. The van der Waals surface area contributed by atoms with Gasteiger partial charge in [0.25, 0.3) is 0 Å². The van der Waals surface area contributed by atoms with Gasteiger partial charge in [0.2, 0.25) is 0 Å². The summed E-state index contributed by atoms with van der Waals surface area (Å²) in [7, 11) is 0.759. The summed E-state index contributed by atoms with van der Waals surface area (Å²) < 4.78 is 0. The van der Waals surface area contributed by atoms with Crippen LogP contribution in [-0.2, 0) is 19.5 Å². The summed E-state index contributed by atoms with van der Waals surface area (Å²) in [5.74, 6) is 1.47. The first-order valence-corrected chi connectivity index (χ1v) is 12.8. The molecule has 0 saturated carbocycles. The zero-order valence-corrected chi connectivity index (χ0v) is 20.7. The number of hydrogen-bond donors (Lipinski definition) is 1. The Kier molecular flexibility index (Phi) is 25.5. The van der Waals surface area contributed by atoms with Crippen LogP contribution in [0.5, 0.6) is 0 Å². The van der Waals surface area contributed by atoms with Crippen LogP contribution in [0.15, 0.2) is 27.4 Å². The van der Waals surface area contributed by atoms with E-state index in [4.69, 9.17) is 5.21 Å². The predicted molar refractivity (Wildman–Crippen MR) is 111 cm³/mol. The zero-order valence-electron chi connectivity index (χ0n) is 17.2. The van der Waals surface area contributed by atoms with Crippen molar-refractivity contribution in [2.45, 2.75) is 41.5 Å². The predicted octanol–water partition coefficient (Wildman–Crippen LogP) is 6.45. The van der Waals surface area contributed by atoms with Crippen LogP contribution in [0.25, 0.3) is 0 Å². The standard InChI is InChI=1S/C10H15.2C3H9P.C2H5NO.Ru/c1-6-7(2)9(4)10(5)8(6)3;2*1-4(2)3;1-2-3-4;/h1-5H3;2*1-3H3;2,4H,1H3;/b;;;3-2+;. The minimum absolute atomic E-state index is 0. The molecule has 5 heteroatoms. The maximum absolute atomic E-state index is 7.44. The van der Waals surface area contributed by atoms with E-state index in [-0.39, 0.29) is 19.5 Å². The SMILES string of the molecule is C/C=N/O.CP(C)C.CP(C)C.C[C]1C(C)=C(C)C(C)=C1C.[Ru]. The van der Waals surface area contributed by atoms with Crippen molar-refractivity contribution in [2.24, 2.45) is 5.16 Å². The van der Waals surface area contributed by atoms with Gasteiger partial charge in [-0.1, -0.05) is 18.1 Å². The first-order chi connectivity index (χ1) is 9.93. The monoisotopic (exact) mass is 448 g/mol. The minimum atomic E-state index is 0. The van der Waals surface area contributed by atoms with Crippen molar-refractivity contribution in [1.29, 1.82) is 0 Å². The zero-order chi connectivity index (χ0) is 18.5. The van der Waals surface area contributed by atoms with Gasteiger partial charge < -0.3 is 5.21 Å². The molecular formula is C18H38NOP2Ru. The maximum Gasteiger partial charge on any atom is 0.0404 e. The van der Waals surface area contributed by atoms with Crippen LogP contribution >= 0.6 is 15.8 Å². The average molecular weight is 448 g/mol. The molecule has 0 heterocycles. The van der Waals surface area contributed by atoms with E-state index in [2.05, 4.69) is 79.8 Å². The Morgan fingerprint density at radius 3 is 0.913 bits per heavy atom. The van der Waals surface area contributed by atoms with E-state index in [0.29, 0.717) is 15.8 Å². The van der Waals surface area contributed by atoms with Gasteiger partial charge >= 0.3 is 0 Å². The molecule has 1 N–H and O–H groups in total. The van der Waals surface area contributed by atoms with Gasteiger partial charge in [-0.05, 0) is 85.8 Å². The molecule has 0 spiro atoms. The van der Waals surface area contributed by atoms with Crippen molar-refractivity contribution in [3.63, 3.8) is 0 Å². The molecule has 1 radical (unpaired) electrons. The Balaban J connectivity index is -0.000000118. The van der Waals surface area contributed by atoms with Crippen molar-refractivity contribution in [3.05, 3.63) is 28.2 Å². The topological polar surface area (TPSA) is 32.6 Å². The molecule has 1 rings (SSSR count). The van der Waals surface area contributed by atoms with Crippen molar-refractivity contribution >= 4 is 22.1 Å². The summed E-state index contributed by atoms with van der Waals surface area (Å²) in [6.07, 6.45) is 1.31. The molecule has 0 aromatic rings. The molecule has 0 unspecified atom stereocenters. The maximum atomic E-state index is 7.44. The molecule has 139 valence electrons. The molecule has 2 nitrogen and oxygen atoms in total. The molecule has 1 aliphatic carbocycles. The van der Waals surface area contributed by atoms with Gasteiger partial charge in [-0.2, -0.15) is 0 Å². The quantitative estimate of drug-likeness (QED) is 0.150. The van der Waals surface area contributed by atoms with Crippen LogP contribution in [0.1, 0.15) is 41.5 Å². The first kappa shape index (κ1) is 31.2. The Hall–Kier alpha value is 0.433. The third-order valence-corrected chi connectivity index (χ3v) is 2.93. The van der Waals surface area contributed by atoms with Crippen LogP contribution in [-0.4, -0.2) is 51.4 Å². The van der Waals surface area contributed by atoms with E-state index in [9.17, 15) is 0 Å².